The molecule has 0 N–H and O–H groups in total. The van der Waals surface area contributed by atoms with Gasteiger partial charge < -0.3 is 4.74 Å². The fourth-order valence-corrected chi connectivity index (χ4v) is 2.99. The van der Waals surface area contributed by atoms with Gasteiger partial charge in [0.15, 0.2) is 0 Å². The summed E-state index contributed by atoms with van der Waals surface area (Å²) in [4.78, 5) is 12.5. The predicted molar refractivity (Wildman–Crippen MR) is 111 cm³/mol. The molecule has 0 aromatic heterocycles. The molecule has 0 aliphatic rings. The van der Waals surface area contributed by atoms with Gasteiger partial charge in [0, 0.05) is 5.02 Å². The molecule has 3 rings (SSSR count). The lowest BCUT2D eigenvalue weighted by atomic mass is 10.1. The van der Waals surface area contributed by atoms with E-state index in [0.29, 0.717) is 12.0 Å². The number of hydrogen-bond donors (Lipinski definition) is 0. The summed E-state index contributed by atoms with van der Waals surface area (Å²) in [7, 11) is 0. The zero-order valence-electron chi connectivity index (χ0n) is 14.9. The lowest BCUT2D eigenvalue weighted by Gasteiger charge is -2.15. The van der Waals surface area contributed by atoms with Crippen LogP contribution in [0.15, 0.2) is 91.0 Å². The van der Waals surface area contributed by atoms with Gasteiger partial charge in [-0.3, -0.25) is 0 Å². The van der Waals surface area contributed by atoms with E-state index in [-0.39, 0.29) is 12.1 Å². The number of benzene rings is 3. The molecular weight excluding hydrogens is 356 g/mol. The molecule has 0 amide bonds. The normalized spacial score (nSPS) is 12.0. The molecular formula is C24H21ClO2. The van der Waals surface area contributed by atoms with Gasteiger partial charge in [0.05, 0.1) is 5.56 Å². The maximum Gasteiger partial charge on any atom is 0.338 e. The Kier molecular flexibility index (Phi) is 6.84. The number of carbonyl (C=O) groups excluding carboxylic acids is 1. The summed E-state index contributed by atoms with van der Waals surface area (Å²) in [6, 6.07) is 26.8. The monoisotopic (exact) mass is 376 g/mol. The first kappa shape index (κ1) is 18.9. The highest BCUT2D eigenvalue weighted by molar-refractivity contribution is 6.31. The van der Waals surface area contributed by atoms with E-state index in [1.165, 1.54) is 0 Å². The number of rotatable bonds is 7. The number of aryl methyl sites for hydroxylation is 1. The van der Waals surface area contributed by atoms with Crippen molar-refractivity contribution in [3.8, 4) is 0 Å². The molecule has 0 saturated carbocycles. The van der Waals surface area contributed by atoms with Gasteiger partial charge in [0.1, 0.15) is 6.10 Å². The zero-order chi connectivity index (χ0) is 18.9. The van der Waals surface area contributed by atoms with E-state index < -0.39 is 0 Å². The zero-order valence-corrected chi connectivity index (χ0v) is 15.7. The number of halogens is 1. The fraction of sp³-hybridized carbons (Fsp3) is 0.125. The van der Waals surface area contributed by atoms with E-state index in [0.717, 1.165) is 22.6 Å². The minimum atomic E-state index is -0.339. The van der Waals surface area contributed by atoms with E-state index in [9.17, 15) is 4.79 Å². The Hall–Kier alpha value is -2.84. The first-order valence-electron chi connectivity index (χ1n) is 8.95. The van der Waals surface area contributed by atoms with Crippen molar-refractivity contribution in [1.82, 2.24) is 0 Å². The fourth-order valence-electron chi connectivity index (χ4n) is 2.76. The summed E-state index contributed by atoms with van der Waals surface area (Å²) < 4.78 is 5.75. The standard InChI is InChI=1S/C24H21ClO2/c25-23-14-8-7-11-20(23)16-18-22(17-15-19-9-3-1-4-10-19)27-24(26)21-12-5-2-6-13-21/h1-15,17,22H,16,18H2/b17-15+/t22-/m0/s1. The van der Waals surface area contributed by atoms with E-state index in [1.807, 2.05) is 84.9 Å². The Bertz CT molecular complexity index is 889. The third-order valence-corrected chi connectivity index (χ3v) is 4.60. The number of ether oxygens (including phenoxy) is 1. The van der Waals surface area contributed by atoms with Crippen molar-refractivity contribution < 1.29 is 9.53 Å². The van der Waals surface area contributed by atoms with Crippen LogP contribution in [0.2, 0.25) is 5.02 Å². The molecule has 0 radical (unpaired) electrons. The van der Waals surface area contributed by atoms with Gasteiger partial charge in [-0.1, -0.05) is 84.4 Å². The number of esters is 1. The van der Waals surface area contributed by atoms with Gasteiger partial charge >= 0.3 is 5.97 Å². The molecule has 3 aromatic rings. The van der Waals surface area contributed by atoms with Crippen molar-refractivity contribution in [3.63, 3.8) is 0 Å². The first-order valence-corrected chi connectivity index (χ1v) is 9.33. The Morgan fingerprint density at radius 1 is 0.889 bits per heavy atom. The second-order valence-corrected chi connectivity index (χ2v) is 6.62. The highest BCUT2D eigenvalue weighted by atomic mass is 35.5. The van der Waals surface area contributed by atoms with Gasteiger partial charge in [0.2, 0.25) is 0 Å². The van der Waals surface area contributed by atoms with Gasteiger partial charge in [-0.15, -0.1) is 0 Å². The Morgan fingerprint density at radius 2 is 1.52 bits per heavy atom. The van der Waals surface area contributed by atoms with E-state index >= 15 is 0 Å². The average molecular weight is 377 g/mol. The van der Waals surface area contributed by atoms with E-state index in [2.05, 4.69) is 0 Å². The van der Waals surface area contributed by atoms with E-state index in [1.54, 1.807) is 12.1 Å². The quantitative estimate of drug-likeness (QED) is 0.458. The molecule has 0 aliphatic heterocycles. The van der Waals surface area contributed by atoms with Crippen LogP contribution in [-0.4, -0.2) is 12.1 Å². The van der Waals surface area contributed by atoms with Crippen molar-refractivity contribution in [1.29, 1.82) is 0 Å². The molecule has 1 atom stereocenters. The Balaban J connectivity index is 1.72. The minimum absolute atomic E-state index is 0.322. The second-order valence-electron chi connectivity index (χ2n) is 6.21. The summed E-state index contributed by atoms with van der Waals surface area (Å²) in [5.41, 5.74) is 2.66. The van der Waals surface area contributed by atoms with Crippen LogP contribution in [0.1, 0.15) is 27.9 Å². The van der Waals surface area contributed by atoms with Crippen LogP contribution < -0.4 is 0 Å². The van der Waals surface area contributed by atoms with Crippen LogP contribution in [0.4, 0.5) is 0 Å². The smallest absolute Gasteiger partial charge is 0.338 e. The molecule has 27 heavy (non-hydrogen) atoms. The lowest BCUT2D eigenvalue weighted by molar-refractivity contribution is 0.0382. The second kappa shape index (κ2) is 9.75. The van der Waals surface area contributed by atoms with Gasteiger partial charge in [-0.25, -0.2) is 4.79 Å². The van der Waals surface area contributed by atoms with Crippen molar-refractivity contribution in [2.75, 3.05) is 0 Å². The molecule has 2 nitrogen and oxygen atoms in total. The lowest BCUT2D eigenvalue weighted by Crippen LogP contribution is -2.17. The number of carbonyl (C=O) groups is 1. The summed E-state index contributed by atoms with van der Waals surface area (Å²) in [6.07, 6.45) is 4.97. The van der Waals surface area contributed by atoms with Crippen LogP contribution in [0.25, 0.3) is 6.08 Å². The van der Waals surface area contributed by atoms with Crippen molar-refractivity contribution in [3.05, 3.63) is 113 Å². The van der Waals surface area contributed by atoms with Crippen molar-refractivity contribution in [2.24, 2.45) is 0 Å². The Labute approximate surface area is 165 Å². The maximum atomic E-state index is 12.5. The topological polar surface area (TPSA) is 26.3 Å². The molecule has 0 unspecified atom stereocenters. The molecule has 3 heteroatoms. The molecule has 136 valence electrons. The summed E-state index contributed by atoms with van der Waals surface area (Å²) in [6.45, 7) is 0. The van der Waals surface area contributed by atoms with Crippen LogP contribution >= 0.6 is 11.6 Å². The maximum absolute atomic E-state index is 12.5. The average Bonchev–Trinajstić information content (AvgIpc) is 2.72. The predicted octanol–water partition coefficient (Wildman–Crippen LogP) is 6.21. The van der Waals surface area contributed by atoms with Gasteiger partial charge in [0.25, 0.3) is 0 Å². The van der Waals surface area contributed by atoms with Crippen LogP contribution in [0.3, 0.4) is 0 Å². The van der Waals surface area contributed by atoms with E-state index in [4.69, 9.17) is 16.3 Å². The molecule has 0 spiro atoms. The highest BCUT2D eigenvalue weighted by Gasteiger charge is 2.14. The highest BCUT2D eigenvalue weighted by Crippen LogP contribution is 2.19. The van der Waals surface area contributed by atoms with Gasteiger partial charge in [-0.05, 0) is 48.2 Å². The molecule has 0 heterocycles. The summed E-state index contributed by atoms with van der Waals surface area (Å²) >= 11 is 6.26. The largest absolute Gasteiger partial charge is 0.455 e. The third-order valence-electron chi connectivity index (χ3n) is 4.23. The summed E-state index contributed by atoms with van der Waals surface area (Å²) in [5.74, 6) is -0.322. The van der Waals surface area contributed by atoms with Crippen molar-refractivity contribution in [2.45, 2.75) is 18.9 Å². The minimum Gasteiger partial charge on any atom is -0.455 e. The molecule has 0 fully saturated rings. The van der Waals surface area contributed by atoms with Crippen LogP contribution in [0, 0.1) is 0 Å². The molecule has 0 saturated heterocycles. The molecule has 0 bridgehead atoms. The summed E-state index contributed by atoms with van der Waals surface area (Å²) in [5, 5.41) is 0.734. The first-order chi connectivity index (χ1) is 13.2. The van der Waals surface area contributed by atoms with Crippen molar-refractivity contribution >= 4 is 23.6 Å². The number of hydrogen-bond acceptors (Lipinski definition) is 2. The molecule has 3 aromatic carbocycles. The third kappa shape index (κ3) is 5.83. The van der Waals surface area contributed by atoms with Crippen LogP contribution in [-0.2, 0) is 11.2 Å². The Morgan fingerprint density at radius 3 is 2.22 bits per heavy atom. The molecule has 0 aliphatic carbocycles. The van der Waals surface area contributed by atoms with Gasteiger partial charge in [-0.2, -0.15) is 0 Å². The SMILES string of the molecule is O=C(O[C@@H](/C=C/c1ccccc1)CCc1ccccc1Cl)c1ccccc1. The van der Waals surface area contributed by atoms with Crippen LogP contribution in [0.5, 0.6) is 0 Å².